The van der Waals surface area contributed by atoms with E-state index < -0.39 is 0 Å². The van der Waals surface area contributed by atoms with Gasteiger partial charge in [-0.1, -0.05) is 136 Å². The minimum absolute atomic E-state index is 1.16. The second-order valence-electron chi connectivity index (χ2n) is 10.7. The van der Waals surface area contributed by atoms with Crippen molar-refractivity contribution in [3.8, 4) is 0 Å². The Bertz CT molecular complexity index is 324. The molecule has 0 heterocycles. The standard InChI is InChI=1S/C31H67N3/c1-4-7-10-13-16-19-22-25-32-27-30-34(29-24-21-18-15-12-9-6-3)31-28-33-26-23-20-17-14-11-8-5-2/h32-33H,4-31H2,1-3H3. The lowest BCUT2D eigenvalue weighted by molar-refractivity contribution is 0.265. The molecule has 0 saturated heterocycles. The highest BCUT2D eigenvalue weighted by atomic mass is 15.1. The molecule has 0 fully saturated rings. The highest BCUT2D eigenvalue weighted by Gasteiger charge is 2.04. The van der Waals surface area contributed by atoms with Crippen molar-refractivity contribution in [2.24, 2.45) is 0 Å². The van der Waals surface area contributed by atoms with Gasteiger partial charge in [-0.15, -0.1) is 0 Å². The summed E-state index contributed by atoms with van der Waals surface area (Å²) in [5, 5.41) is 7.44. The summed E-state index contributed by atoms with van der Waals surface area (Å²) in [6.45, 7) is 15.3. The molecule has 2 N–H and O–H groups in total. The zero-order chi connectivity index (χ0) is 24.8. The topological polar surface area (TPSA) is 27.3 Å². The van der Waals surface area contributed by atoms with Crippen molar-refractivity contribution in [2.45, 2.75) is 156 Å². The number of nitrogens with one attached hydrogen (secondary N) is 2. The van der Waals surface area contributed by atoms with Crippen molar-refractivity contribution < 1.29 is 0 Å². The van der Waals surface area contributed by atoms with Gasteiger partial charge in [0.1, 0.15) is 0 Å². The summed E-state index contributed by atoms with van der Waals surface area (Å²) < 4.78 is 0. The Hall–Kier alpha value is -0.120. The van der Waals surface area contributed by atoms with Crippen molar-refractivity contribution in [1.82, 2.24) is 15.5 Å². The van der Waals surface area contributed by atoms with Crippen LogP contribution in [0.2, 0.25) is 0 Å². The smallest absolute Gasteiger partial charge is 0.0107 e. The molecule has 0 aliphatic rings. The van der Waals surface area contributed by atoms with Crippen LogP contribution in [0.1, 0.15) is 156 Å². The van der Waals surface area contributed by atoms with E-state index in [4.69, 9.17) is 0 Å². The SMILES string of the molecule is CCCCCCCCCNCCN(CCCCCCCCC)CCNCCCCCCCCC. The van der Waals surface area contributed by atoms with Gasteiger partial charge in [0.15, 0.2) is 0 Å². The molecule has 0 saturated carbocycles. The molecule has 0 aromatic heterocycles. The zero-order valence-electron chi connectivity index (χ0n) is 24.2. The second kappa shape index (κ2) is 30.9. The lowest BCUT2D eigenvalue weighted by Crippen LogP contribution is -2.38. The summed E-state index contributed by atoms with van der Waals surface area (Å²) in [5.74, 6) is 0. The predicted octanol–water partition coefficient (Wildman–Crippen LogP) is 8.72. The molecule has 3 heteroatoms. The Kier molecular flexibility index (Phi) is 30.8. The third-order valence-corrected chi connectivity index (χ3v) is 7.20. The normalized spacial score (nSPS) is 11.6. The molecular formula is C31H67N3. The molecule has 0 bridgehead atoms. The second-order valence-corrected chi connectivity index (χ2v) is 10.7. The average molecular weight is 482 g/mol. The third kappa shape index (κ3) is 28.1. The van der Waals surface area contributed by atoms with Gasteiger partial charge in [-0.05, 0) is 38.9 Å². The van der Waals surface area contributed by atoms with Crippen molar-refractivity contribution in [3.63, 3.8) is 0 Å². The van der Waals surface area contributed by atoms with Gasteiger partial charge in [0.25, 0.3) is 0 Å². The van der Waals surface area contributed by atoms with Gasteiger partial charge in [0.05, 0.1) is 0 Å². The minimum Gasteiger partial charge on any atom is -0.315 e. The van der Waals surface area contributed by atoms with Crippen LogP contribution in [0, 0.1) is 0 Å². The van der Waals surface area contributed by atoms with Crippen LogP contribution in [0.25, 0.3) is 0 Å². The van der Waals surface area contributed by atoms with E-state index in [2.05, 4.69) is 36.3 Å². The molecule has 0 aromatic carbocycles. The lowest BCUT2D eigenvalue weighted by atomic mass is 10.1. The predicted molar refractivity (Wildman–Crippen MR) is 156 cm³/mol. The molecule has 0 aliphatic heterocycles. The molecule has 0 atom stereocenters. The van der Waals surface area contributed by atoms with Gasteiger partial charge in [-0.25, -0.2) is 0 Å². The molecule has 0 aromatic rings. The van der Waals surface area contributed by atoms with Gasteiger partial charge >= 0.3 is 0 Å². The van der Waals surface area contributed by atoms with E-state index in [1.54, 1.807) is 0 Å². The molecule has 0 amide bonds. The summed E-state index contributed by atoms with van der Waals surface area (Å²) in [6, 6.07) is 0. The highest BCUT2D eigenvalue weighted by Crippen LogP contribution is 2.09. The maximum Gasteiger partial charge on any atom is 0.0107 e. The first-order chi connectivity index (χ1) is 16.8. The van der Waals surface area contributed by atoms with Crippen LogP contribution in [-0.2, 0) is 0 Å². The first-order valence-corrected chi connectivity index (χ1v) is 16.0. The van der Waals surface area contributed by atoms with Gasteiger partial charge in [-0.3, -0.25) is 0 Å². The van der Waals surface area contributed by atoms with Crippen molar-refractivity contribution in [3.05, 3.63) is 0 Å². The molecule has 3 nitrogen and oxygen atoms in total. The van der Waals surface area contributed by atoms with E-state index >= 15 is 0 Å². The fourth-order valence-electron chi connectivity index (χ4n) is 4.77. The molecule has 0 aliphatic carbocycles. The van der Waals surface area contributed by atoms with E-state index in [0.29, 0.717) is 0 Å². The van der Waals surface area contributed by atoms with Crippen LogP contribution in [0.4, 0.5) is 0 Å². The molecule has 0 rings (SSSR count). The Morgan fingerprint density at radius 1 is 0.324 bits per heavy atom. The van der Waals surface area contributed by atoms with Gasteiger partial charge < -0.3 is 15.5 Å². The summed E-state index contributed by atoms with van der Waals surface area (Å²) in [6.07, 6.45) is 29.5. The summed E-state index contributed by atoms with van der Waals surface area (Å²) in [7, 11) is 0. The van der Waals surface area contributed by atoms with Crippen LogP contribution >= 0.6 is 0 Å². The fraction of sp³-hybridized carbons (Fsp3) is 1.00. The number of rotatable bonds is 30. The van der Waals surface area contributed by atoms with Gasteiger partial charge in [0, 0.05) is 26.2 Å². The highest BCUT2D eigenvalue weighted by molar-refractivity contribution is 4.63. The van der Waals surface area contributed by atoms with E-state index in [0.717, 1.165) is 13.1 Å². The zero-order valence-corrected chi connectivity index (χ0v) is 24.2. The molecule has 34 heavy (non-hydrogen) atoms. The maximum atomic E-state index is 3.72. The van der Waals surface area contributed by atoms with Gasteiger partial charge in [-0.2, -0.15) is 0 Å². The molecule has 0 unspecified atom stereocenters. The van der Waals surface area contributed by atoms with Crippen molar-refractivity contribution >= 4 is 0 Å². The molecule has 0 spiro atoms. The fourth-order valence-corrected chi connectivity index (χ4v) is 4.77. The summed E-state index contributed by atoms with van der Waals surface area (Å²) in [4.78, 5) is 2.71. The Balaban J connectivity index is 3.82. The quantitative estimate of drug-likeness (QED) is 0.100. The van der Waals surface area contributed by atoms with Crippen molar-refractivity contribution in [2.75, 3.05) is 45.8 Å². The van der Waals surface area contributed by atoms with E-state index in [1.807, 2.05) is 0 Å². The van der Waals surface area contributed by atoms with Crippen LogP contribution in [0.15, 0.2) is 0 Å². The number of hydrogen-bond acceptors (Lipinski definition) is 3. The monoisotopic (exact) mass is 482 g/mol. The van der Waals surface area contributed by atoms with Crippen LogP contribution in [0.3, 0.4) is 0 Å². The van der Waals surface area contributed by atoms with E-state index in [-0.39, 0.29) is 0 Å². The largest absolute Gasteiger partial charge is 0.315 e. The third-order valence-electron chi connectivity index (χ3n) is 7.20. The number of hydrogen-bond donors (Lipinski definition) is 2. The molecule has 0 radical (unpaired) electrons. The summed E-state index contributed by atoms with van der Waals surface area (Å²) >= 11 is 0. The summed E-state index contributed by atoms with van der Waals surface area (Å²) in [5.41, 5.74) is 0. The van der Waals surface area contributed by atoms with E-state index in [9.17, 15) is 0 Å². The minimum atomic E-state index is 1.16. The molecular weight excluding hydrogens is 414 g/mol. The lowest BCUT2D eigenvalue weighted by Gasteiger charge is -2.23. The first kappa shape index (κ1) is 33.9. The maximum absolute atomic E-state index is 3.72. The Morgan fingerprint density at radius 3 is 1.03 bits per heavy atom. The van der Waals surface area contributed by atoms with Crippen LogP contribution in [-0.4, -0.2) is 50.7 Å². The Labute approximate surface area is 217 Å². The van der Waals surface area contributed by atoms with Crippen LogP contribution < -0.4 is 10.6 Å². The number of nitrogens with zero attached hydrogens (tertiary/aromatic N) is 1. The average Bonchev–Trinajstić information content (AvgIpc) is 2.85. The van der Waals surface area contributed by atoms with Crippen LogP contribution in [0.5, 0.6) is 0 Å². The Morgan fingerprint density at radius 2 is 0.647 bits per heavy atom. The van der Waals surface area contributed by atoms with E-state index in [1.165, 1.54) is 168 Å². The van der Waals surface area contributed by atoms with Crippen molar-refractivity contribution in [1.29, 1.82) is 0 Å². The first-order valence-electron chi connectivity index (χ1n) is 16.0. The molecule has 206 valence electrons. The number of unbranched alkanes of at least 4 members (excludes halogenated alkanes) is 18. The van der Waals surface area contributed by atoms with Gasteiger partial charge in [0.2, 0.25) is 0 Å².